The van der Waals surface area contributed by atoms with E-state index in [0.29, 0.717) is 63.4 Å². The highest BCUT2D eigenvalue weighted by atomic mass is 35.5. The summed E-state index contributed by atoms with van der Waals surface area (Å²) >= 11 is 5.85. The van der Waals surface area contributed by atoms with Crippen LogP contribution in [-0.4, -0.2) is 61.3 Å². The maximum atomic E-state index is 16.6. The van der Waals surface area contributed by atoms with Crippen molar-refractivity contribution in [2.24, 2.45) is 0 Å². The molecule has 10 nitrogen and oxygen atoms in total. The Kier molecular flexibility index (Phi) is 8.87. The summed E-state index contributed by atoms with van der Waals surface area (Å²) in [6.07, 6.45) is 4.83. The number of halogens is 4. The zero-order valence-corrected chi connectivity index (χ0v) is 29.8. The molecule has 54 heavy (non-hydrogen) atoms. The van der Waals surface area contributed by atoms with Gasteiger partial charge in [0.05, 0.1) is 34.9 Å². The molecular weight excluding hydrogens is 719 g/mol. The molecule has 0 radical (unpaired) electrons. The van der Waals surface area contributed by atoms with E-state index in [-0.39, 0.29) is 44.1 Å². The average Bonchev–Trinajstić information content (AvgIpc) is 3.80. The number of rotatable bonds is 11. The van der Waals surface area contributed by atoms with Crippen LogP contribution in [0.3, 0.4) is 0 Å². The van der Waals surface area contributed by atoms with Crippen LogP contribution in [0, 0.1) is 5.82 Å². The van der Waals surface area contributed by atoms with Gasteiger partial charge in [-0.1, -0.05) is 29.8 Å². The third-order valence-electron chi connectivity index (χ3n) is 10.3. The first kappa shape index (κ1) is 34.5. The van der Waals surface area contributed by atoms with Gasteiger partial charge in [0.25, 0.3) is 5.91 Å². The van der Waals surface area contributed by atoms with Gasteiger partial charge in [0.1, 0.15) is 12.4 Å². The number of imidazole rings is 1. The molecule has 2 N–H and O–H groups in total. The zero-order valence-electron chi connectivity index (χ0n) is 29.0. The summed E-state index contributed by atoms with van der Waals surface area (Å²) in [6, 6.07) is 16.6. The highest BCUT2D eigenvalue weighted by molar-refractivity contribution is 6.30. The van der Waals surface area contributed by atoms with Crippen LogP contribution < -0.4 is 10.1 Å². The largest absolute Gasteiger partial charge is 0.473 e. The van der Waals surface area contributed by atoms with Crippen molar-refractivity contribution in [3.8, 4) is 5.88 Å². The molecule has 3 aliphatic rings. The third-order valence-corrected chi connectivity index (χ3v) is 10.6. The van der Waals surface area contributed by atoms with E-state index in [1.807, 2.05) is 12.1 Å². The van der Waals surface area contributed by atoms with E-state index in [1.165, 1.54) is 6.07 Å². The van der Waals surface area contributed by atoms with Crippen LogP contribution in [0.2, 0.25) is 5.02 Å². The number of nitrogens with zero attached hydrogens (tertiary/aromatic N) is 5. The molecule has 1 unspecified atom stereocenters. The molecule has 2 aliphatic heterocycles. The molecule has 0 bridgehead atoms. The molecule has 14 heteroatoms. The topological polar surface area (TPSA) is 110 Å². The maximum Gasteiger partial charge on any atom is 0.364 e. The highest BCUT2D eigenvalue weighted by Gasteiger charge is 2.45. The van der Waals surface area contributed by atoms with Crippen LogP contribution in [0.5, 0.6) is 5.88 Å². The van der Waals surface area contributed by atoms with Crippen molar-refractivity contribution in [1.29, 1.82) is 0 Å². The van der Waals surface area contributed by atoms with Crippen LogP contribution in [-0.2, 0) is 23.9 Å². The van der Waals surface area contributed by atoms with Gasteiger partial charge in [0, 0.05) is 64.6 Å². The minimum Gasteiger partial charge on any atom is -0.473 e. The number of aromatic amines is 1. The second-order valence-corrected chi connectivity index (χ2v) is 14.4. The number of pyridine rings is 1. The summed E-state index contributed by atoms with van der Waals surface area (Å²) in [5, 5.41) is 11.6. The number of carbonyl (C=O) groups excluding carboxylic acids is 1. The van der Waals surface area contributed by atoms with Crippen molar-refractivity contribution in [2.75, 3.05) is 25.0 Å². The number of anilines is 1. The van der Waals surface area contributed by atoms with E-state index in [0.717, 1.165) is 46.3 Å². The number of hydrogen-bond donors (Lipinski definition) is 2. The lowest BCUT2D eigenvalue weighted by Gasteiger charge is -2.34. The van der Waals surface area contributed by atoms with E-state index in [4.69, 9.17) is 21.1 Å². The lowest BCUT2D eigenvalue weighted by molar-refractivity contribution is -0.160. The van der Waals surface area contributed by atoms with Crippen molar-refractivity contribution in [3.05, 3.63) is 118 Å². The predicted molar refractivity (Wildman–Crippen MR) is 198 cm³/mol. The van der Waals surface area contributed by atoms with Crippen molar-refractivity contribution in [1.82, 2.24) is 29.6 Å². The Morgan fingerprint density at radius 2 is 1.91 bits per heavy atom. The molecule has 0 spiro atoms. The molecular formula is C40H35ClF3N7O3. The molecule has 6 aromatic rings. The number of amides is 1. The number of carbonyl (C=O) groups is 1. The summed E-state index contributed by atoms with van der Waals surface area (Å²) in [5.41, 5.74) is 5.40. The van der Waals surface area contributed by atoms with E-state index in [1.54, 1.807) is 65.2 Å². The Labute approximate surface area is 312 Å². The van der Waals surface area contributed by atoms with E-state index < -0.39 is 11.9 Å². The first-order valence-electron chi connectivity index (χ1n) is 18.0. The fraction of sp³-hybridized carbons (Fsp3) is 0.300. The summed E-state index contributed by atoms with van der Waals surface area (Å²) in [6.45, 7) is 0.786. The van der Waals surface area contributed by atoms with Gasteiger partial charge in [-0.05, 0) is 85.9 Å². The molecule has 2 fully saturated rings. The number of benzene rings is 3. The van der Waals surface area contributed by atoms with Crippen molar-refractivity contribution < 1.29 is 27.4 Å². The molecule has 5 heterocycles. The minimum absolute atomic E-state index is 0.0390. The van der Waals surface area contributed by atoms with E-state index >= 15 is 8.78 Å². The van der Waals surface area contributed by atoms with Gasteiger partial charge in [-0.3, -0.25) is 9.89 Å². The second-order valence-electron chi connectivity index (χ2n) is 14.0. The smallest absolute Gasteiger partial charge is 0.364 e. The second kappa shape index (κ2) is 13.9. The van der Waals surface area contributed by atoms with Crippen LogP contribution in [0.25, 0.3) is 27.5 Å². The first-order valence-corrected chi connectivity index (χ1v) is 18.4. The van der Waals surface area contributed by atoms with Crippen LogP contribution in [0.1, 0.15) is 64.7 Å². The Morgan fingerprint density at radius 3 is 2.67 bits per heavy atom. The molecule has 1 saturated heterocycles. The summed E-state index contributed by atoms with van der Waals surface area (Å²) < 4.78 is 60.3. The molecule has 276 valence electrons. The number of fused-ring (bicyclic) bond motifs is 2. The lowest BCUT2D eigenvalue weighted by atomic mass is 10.0. The SMILES string of the molecule is O=C(Nc1ccc2c(c1)nc(C(F)(F)N1CC=C(c3cccc(OCc4ccc(Cl)cc4F)n3)CC1)n2CC1CCO1)c1ccc2n[nH]c(C3CC3)c2c1. The average molecular weight is 754 g/mol. The quantitative estimate of drug-likeness (QED) is 0.128. The summed E-state index contributed by atoms with van der Waals surface area (Å²) in [4.78, 5) is 23.5. The molecule has 1 saturated carbocycles. The Hall–Kier alpha value is -5.24. The number of ether oxygens (including phenoxy) is 2. The van der Waals surface area contributed by atoms with Gasteiger partial charge in [-0.15, -0.1) is 0 Å². The van der Waals surface area contributed by atoms with Gasteiger partial charge in [-0.2, -0.15) is 13.9 Å². The number of alkyl halides is 2. The standard InChI is InChI=1S/C40H35ClF3N7O3/c41-27-8-6-26(31(42)19-27)22-54-36-3-1-2-32(46-36)23-12-15-50(16-13-23)40(43,44)39-47-34-20-28(9-11-35(34)51(39)21-29-14-17-53-29)45-38(52)25-7-10-33-30(18-25)37(49-48-33)24-4-5-24/h1-3,6-12,18-20,24,29H,4-5,13-17,21-22H2,(H,45,52)(H,48,49). The molecule has 1 aliphatic carbocycles. The van der Waals surface area contributed by atoms with Gasteiger partial charge < -0.3 is 19.4 Å². The van der Waals surface area contributed by atoms with Crippen molar-refractivity contribution >= 4 is 50.7 Å². The predicted octanol–water partition coefficient (Wildman–Crippen LogP) is 8.44. The van der Waals surface area contributed by atoms with Gasteiger partial charge >= 0.3 is 6.05 Å². The van der Waals surface area contributed by atoms with Gasteiger partial charge in [0.15, 0.2) is 5.82 Å². The molecule has 3 aromatic heterocycles. The Bertz CT molecular complexity index is 2440. The van der Waals surface area contributed by atoms with Crippen LogP contribution in [0.4, 0.5) is 18.9 Å². The number of nitrogens with one attached hydrogen (secondary N) is 2. The minimum atomic E-state index is -3.42. The summed E-state index contributed by atoms with van der Waals surface area (Å²) in [5.74, 6) is -0.433. The fourth-order valence-corrected chi connectivity index (χ4v) is 7.23. The maximum absolute atomic E-state index is 16.6. The molecule has 9 rings (SSSR count). The normalized spacial score (nSPS) is 17.8. The molecule has 1 amide bonds. The van der Waals surface area contributed by atoms with Gasteiger partial charge in [-0.25, -0.2) is 19.3 Å². The number of H-pyrrole nitrogens is 1. The zero-order chi connectivity index (χ0) is 37.0. The van der Waals surface area contributed by atoms with Crippen molar-refractivity contribution in [3.63, 3.8) is 0 Å². The molecule has 1 atom stereocenters. The fourth-order valence-electron chi connectivity index (χ4n) is 7.07. The Balaban J connectivity index is 0.933. The number of hydrogen-bond acceptors (Lipinski definition) is 7. The first-order chi connectivity index (χ1) is 26.2. The van der Waals surface area contributed by atoms with E-state index in [9.17, 15) is 9.18 Å². The molecule has 3 aromatic carbocycles. The van der Waals surface area contributed by atoms with Gasteiger partial charge in [0.2, 0.25) is 5.88 Å². The Morgan fingerprint density at radius 1 is 1.04 bits per heavy atom. The lowest BCUT2D eigenvalue weighted by Crippen LogP contribution is -2.44. The monoisotopic (exact) mass is 753 g/mol. The highest BCUT2D eigenvalue weighted by Crippen LogP contribution is 2.42. The summed E-state index contributed by atoms with van der Waals surface area (Å²) in [7, 11) is 0. The van der Waals surface area contributed by atoms with Crippen LogP contribution in [0.15, 0.2) is 78.9 Å². The number of aromatic nitrogens is 5. The van der Waals surface area contributed by atoms with E-state index in [2.05, 4.69) is 25.5 Å². The van der Waals surface area contributed by atoms with Crippen LogP contribution >= 0.6 is 11.6 Å². The third kappa shape index (κ3) is 6.71. The van der Waals surface area contributed by atoms with Crippen molar-refractivity contribution in [2.45, 2.75) is 56.9 Å².